The van der Waals surface area contributed by atoms with Crippen molar-refractivity contribution < 1.29 is 9.13 Å². The second-order valence-electron chi connectivity index (χ2n) is 4.99. The molecule has 4 heteroatoms. The van der Waals surface area contributed by atoms with Gasteiger partial charge < -0.3 is 4.74 Å². The van der Waals surface area contributed by atoms with Crippen LogP contribution in [0.25, 0.3) is 0 Å². The van der Waals surface area contributed by atoms with Gasteiger partial charge in [0.2, 0.25) is 0 Å². The average Bonchev–Trinajstić information content (AvgIpc) is 2.34. The summed E-state index contributed by atoms with van der Waals surface area (Å²) in [5, 5.41) is 0.272. The molecule has 0 amide bonds. The van der Waals surface area contributed by atoms with Gasteiger partial charge in [-0.2, -0.15) is 0 Å². The van der Waals surface area contributed by atoms with E-state index in [-0.39, 0.29) is 11.2 Å². The Bertz CT molecular complexity index is 413. The van der Waals surface area contributed by atoms with Gasteiger partial charge in [0.1, 0.15) is 0 Å². The molecule has 1 heterocycles. The Balaban J connectivity index is 1.99. The first-order valence-corrected chi connectivity index (χ1v) is 6.72. The van der Waals surface area contributed by atoms with Crippen molar-refractivity contribution in [2.75, 3.05) is 20.2 Å². The highest BCUT2D eigenvalue weighted by Crippen LogP contribution is 2.24. The summed E-state index contributed by atoms with van der Waals surface area (Å²) in [4.78, 5) is 2.32. The molecule has 1 aromatic rings. The zero-order valence-corrected chi connectivity index (χ0v) is 11.6. The summed E-state index contributed by atoms with van der Waals surface area (Å²) in [5.41, 5.74) is 0.980. The van der Waals surface area contributed by atoms with E-state index < -0.39 is 0 Å². The molecule has 100 valence electrons. The number of rotatable bonds is 3. The number of alkyl halides is 1. The van der Waals surface area contributed by atoms with Crippen molar-refractivity contribution in [1.29, 1.82) is 0 Å². The SMILES string of the molecule is COc1ccc(CN2CCC(Cl)C(C)C2)cc1F. The van der Waals surface area contributed by atoms with Crippen LogP contribution in [0.5, 0.6) is 5.75 Å². The number of benzene rings is 1. The summed E-state index contributed by atoms with van der Waals surface area (Å²) in [6.07, 6.45) is 1.00. The Morgan fingerprint density at radius 1 is 1.50 bits per heavy atom. The van der Waals surface area contributed by atoms with Crippen LogP contribution in [-0.4, -0.2) is 30.5 Å². The predicted molar refractivity (Wildman–Crippen MR) is 71.7 cm³/mol. The first-order chi connectivity index (χ1) is 8.60. The van der Waals surface area contributed by atoms with Crippen LogP contribution in [-0.2, 0) is 6.54 Å². The van der Waals surface area contributed by atoms with Gasteiger partial charge in [0, 0.05) is 18.5 Å². The Morgan fingerprint density at radius 3 is 2.89 bits per heavy atom. The number of halogens is 2. The van der Waals surface area contributed by atoms with Gasteiger partial charge in [0.15, 0.2) is 11.6 Å². The van der Waals surface area contributed by atoms with Crippen molar-refractivity contribution in [3.63, 3.8) is 0 Å². The zero-order valence-electron chi connectivity index (χ0n) is 10.8. The van der Waals surface area contributed by atoms with Gasteiger partial charge in [-0.1, -0.05) is 13.0 Å². The van der Waals surface area contributed by atoms with Crippen LogP contribution in [0.15, 0.2) is 18.2 Å². The molecule has 2 unspecified atom stereocenters. The summed E-state index contributed by atoms with van der Waals surface area (Å²) >= 11 is 6.20. The first kappa shape index (κ1) is 13.6. The third-order valence-electron chi connectivity index (χ3n) is 3.51. The molecule has 18 heavy (non-hydrogen) atoms. The van der Waals surface area contributed by atoms with Gasteiger partial charge in [-0.05, 0) is 36.6 Å². The van der Waals surface area contributed by atoms with Crippen molar-refractivity contribution in [2.45, 2.75) is 25.3 Å². The molecule has 1 aliphatic rings. The Hall–Kier alpha value is -0.800. The molecule has 1 saturated heterocycles. The number of piperidine rings is 1. The van der Waals surface area contributed by atoms with Crippen LogP contribution >= 0.6 is 11.6 Å². The fourth-order valence-electron chi connectivity index (χ4n) is 2.41. The average molecular weight is 272 g/mol. The molecule has 2 rings (SSSR count). The lowest BCUT2D eigenvalue weighted by Gasteiger charge is -2.34. The lowest BCUT2D eigenvalue weighted by atomic mass is 9.99. The summed E-state index contributed by atoms with van der Waals surface area (Å²) in [5.74, 6) is 0.491. The monoisotopic (exact) mass is 271 g/mol. The van der Waals surface area contributed by atoms with E-state index in [0.717, 1.165) is 31.6 Å². The number of hydrogen-bond acceptors (Lipinski definition) is 2. The van der Waals surface area contributed by atoms with Gasteiger partial charge in [0.05, 0.1) is 7.11 Å². The van der Waals surface area contributed by atoms with E-state index >= 15 is 0 Å². The maximum Gasteiger partial charge on any atom is 0.165 e. The van der Waals surface area contributed by atoms with Gasteiger partial charge in [0.25, 0.3) is 0 Å². The van der Waals surface area contributed by atoms with Crippen molar-refractivity contribution >= 4 is 11.6 Å². The van der Waals surface area contributed by atoms with E-state index in [1.165, 1.54) is 7.11 Å². The number of nitrogens with zero attached hydrogens (tertiary/aromatic N) is 1. The zero-order chi connectivity index (χ0) is 13.1. The van der Waals surface area contributed by atoms with E-state index in [9.17, 15) is 4.39 Å². The molecule has 0 aromatic heterocycles. The lowest BCUT2D eigenvalue weighted by molar-refractivity contribution is 0.179. The molecule has 2 atom stereocenters. The van der Waals surface area contributed by atoms with Crippen LogP contribution < -0.4 is 4.74 Å². The molecule has 1 aliphatic heterocycles. The van der Waals surface area contributed by atoms with Crippen LogP contribution in [0.4, 0.5) is 4.39 Å². The van der Waals surface area contributed by atoms with Gasteiger partial charge in [-0.3, -0.25) is 4.90 Å². The Labute approximate surface area is 113 Å². The highest BCUT2D eigenvalue weighted by Gasteiger charge is 2.24. The van der Waals surface area contributed by atoms with E-state index in [1.807, 2.05) is 6.07 Å². The second-order valence-corrected chi connectivity index (χ2v) is 5.55. The van der Waals surface area contributed by atoms with Gasteiger partial charge >= 0.3 is 0 Å². The molecular weight excluding hydrogens is 253 g/mol. The quantitative estimate of drug-likeness (QED) is 0.783. The molecule has 0 radical (unpaired) electrons. The minimum absolute atomic E-state index is 0.272. The largest absolute Gasteiger partial charge is 0.494 e. The maximum atomic E-state index is 13.6. The third kappa shape index (κ3) is 3.15. The lowest BCUT2D eigenvalue weighted by Crippen LogP contribution is -2.39. The van der Waals surface area contributed by atoms with E-state index in [0.29, 0.717) is 11.7 Å². The number of hydrogen-bond donors (Lipinski definition) is 0. The second kappa shape index (κ2) is 5.89. The molecule has 0 aliphatic carbocycles. The number of methoxy groups -OCH3 is 1. The van der Waals surface area contributed by atoms with Crippen molar-refractivity contribution in [3.8, 4) is 5.75 Å². The van der Waals surface area contributed by atoms with Gasteiger partial charge in [-0.25, -0.2) is 4.39 Å². The molecule has 0 N–H and O–H groups in total. The van der Waals surface area contributed by atoms with E-state index in [2.05, 4.69) is 11.8 Å². The highest BCUT2D eigenvalue weighted by atomic mass is 35.5. The van der Waals surface area contributed by atoms with Crippen molar-refractivity contribution in [2.24, 2.45) is 5.92 Å². The molecule has 1 aromatic carbocycles. The molecule has 0 bridgehead atoms. The molecule has 0 saturated carbocycles. The minimum atomic E-state index is -0.296. The van der Waals surface area contributed by atoms with E-state index in [1.54, 1.807) is 12.1 Å². The molecule has 1 fully saturated rings. The minimum Gasteiger partial charge on any atom is -0.494 e. The Kier molecular flexibility index (Phi) is 4.46. The number of likely N-dealkylation sites (tertiary alicyclic amines) is 1. The highest BCUT2D eigenvalue weighted by molar-refractivity contribution is 6.20. The summed E-state index contributed by atoms with van der Waals surface area (Å²) < 4.78 is 18.5. The molecule has 0 spiro atoms. The normalized spacial score (nSPS) is 25.1. The number of ether oxygens (including phenoxy) is 1. The topological polar surface area (TPSA) is 12.5 Å². The smallest absolute Gasteiger partial charge is 0.165 e. The van der Waals surface area contributed by atoms with Crippen molar-refractivity contribution in [3.05, 3.63) is 29.6 Å². The molecule has 2 nitrogen and oxygen atoms in total. The van der Waals surface area contributed by atoms with Gasteiger partial charge in [-0.15, -0.1) is 11.6 Å². The maximum absolute atomic E-state index is 13.6. The third-order valence-corrected chi connectivity index (χ3v) is 4.16. The standard InChI is InChI=1S/C14H19ClFNO/c1-10-8-17(6-5-12(10)15)9-11-3-4-14(18-2)13(16)7-11/h3-4,7,10,12H,5-6,8-9H2,1-2H3. The predicted octanol–water partition coefficient (Wildman–Crippen LogP) is 3.28. The summed E-state index contributed by atoms with van der Waals surface area (Å²) in [6.45, 7) is 4.89. The van der Waals surface area contributed by atoms with E-state index in [4.69, 9.17) is 16.3 Å². The fourth-order valence-corrected chi connectivity index (χ4v) is 2.59. The summed E-state index contributed by atoms with van der Waals surface area (Å²) in [7, 11) is 1.48. The first-order valence-electron chi connectivity index (χ1n) is 6.29. The van der Waals surface area contributed by atoms with Crippen LogP contribution in [0.3, 0.4) is 0 Å². The summed E-state index contributed by atoms with van der Waals surface area (Å²) in [6, 6.07) is 5.15. The van der Waals surface area contributed by atoms with Crippen molar-refractivity contribution in [1.82, 2.24) is 4.90 Å². The van der Waals surface area contributed by atoms with Crippen LogP contribution in [0.1, 0.15) is 18.9 Å². The fraction of sp³-hybridized carbons (Fsp3) is 0.571. The Morgan fingerprint density at radius 2 is 2.28 bits per heavy atom. The van der Waals surface area contributed by atoms with Crippen LogP contribution in [0.2, 0.25) is 0 Å². The van der Waals surface area contributed by atoms with Crippen LogP contribution in [0, 0.1) is 11.7 Å². The molecular formula is C14H19ClFNO.